The molecule has 0 aliphatic carbocycles. The maximum atomic E-state index is 13.6. The van der Waals surface area contributed by atoms with E-state index in [1.807, 2.05) is 6.07 Å². The molecular weight excluding hydrogens is 410 g/mol. The quantitative estimate of drug-likeness (QED) is 0.450. The minimum Gasteiger partial charge on any atom is -0.497 e. The van der Waals surface area contributed by atoms with Gasteiger partial charge in [-0.15, -0.1) is 0 Å². The molecule has 0 saturated carbocycles. The summed E-state index contributed by atoms with van der Waals surface area (Å²) in [6.45, 7) is 9.60. The van der Waals surface area contributed by atoms with Crippen LogP contribution in [0.1, 0.15) is 36.7 Å². The number of nitrogens with zero attached hydrogens (tertiary/aromatic N) is 3. The number of carbonyl (C=O) groups excluding carboxylic acids is 1. The van der Waals surface area contributed by atoms with Gasteiger partial charge in [0, 0.05) is 24.7 Å². The molecule has 3 rings (SSSR count). The number of amides is 1. The van der Waals surface area contributed by atoms with Gasteiger partial charge in [-0.1, -0.05) is 38.2 Å². The smallest absolute Gasteiger partial charge is 0.260 e. The Hall–Kier alpha value is -2.64. The van der Waals surface area contributed by atoms with Crippen molar-refractivity contribution < 1.29 is 14.3 Å². The van der Waals surface area contributed by atoms with Crippen LogP contribution in [0.3, 0.4) is 0 Å². The Bertz CT molecular complexity index is 1010. The van der Waals surface area contributed by atoms with E-state index in [1.165, 1.54) is 5.56 Å². The Balaban J connectivity index is 2.01. The standard InChI is InChI=1S/C24H31N3O3S/c1-6-17-9-10-21-22(13-17)31-24(25-21)27(12-11-26(7-2)8-3)23(28)18-14-19(29-4)16-20(15-18)30-5/h9-10,13-16H,6-8,11-12H2,1-5H3. The fourth-order valence-corrected chi connectivity index (χ4v) is 4.50. The third-order valence-electron chi connectivity index (χ3n) is 5.46. The topological polar surface area (TPSA) is 54.9 Å². The van der Waals surface area contributed by atoms with Crippen molar-refractivity contribution in [2.24, 2.45) is 0 Å². The van der Waals surface area contributed by atoms with Crippen molar-refractivity contribution in [3.8, 4) is 11.5 Å². The van der Waals surface area contributed by atoms with E-state index in [0.29, 0.717) is 28.7 Å². The summed E-state index contributed by atoms with van der Waals surface area (Å²) in [6, 6.07) is 11.6. The van der Waals surface area contributed by atoms with Gasteiger partial charge in [-0.05, 0) is 49.3 Å². The average molecular weight is 442 g/mol. The first-order valence-electron chi connectivity index (χ1n) is 10.7. The number of fused-ring (bicyclic) bond motifs is 1. The molecular formula is C24H31N3O3S. The van der Waals surface area contributed by atoms with Crippen molar-refractivity contribution >= 4 is 32.6 Å². The molecule has 166 valence electrons. The second kappa shape index (κ2) is 10.6. The number of benzene rings is 2. The van der Waals surface area contributed by atoms with E-state index < -0.39 is 0 Å². The number of ether oxygens (including phenoxy) is 2. The fraction of sp³-hybridized carbons (Fsp3) is 0.417. The van der Waals surface area contributed by atoms with Crippen molar-refractivity contribution in [2.75, 3.05) is 45.3 Å². The molecule has 0 saturated heterocycles. The summed E-state index contributed by atoms with van der Waals surface area (Å²) in [5.41, 5.74) is 2.70. The SMILES string of the molecule is CCc1ccc2nc(N(CCN(CC)CC)C(=O)c3cc(OC)cc(OC)c3)sc2c1. The van der Waals surface area contributed by atoms with E-state index in [-0.39, 0.29) is 5.91 Å². The third-order valence-corrected chi connectivity index (χ3v) is 6.50. The molecule has 7 heteroatoms. The minimum atomic E-state index is -0.112. The Morgan fingerprint density at radius 3 is 2.23 bits per heavy atom. The van der Waals surface area contributed by atoms with Gasteiger partial charge in [-0.3, -0.25) is 9.69 Å². The lowest BCUT2D eigenvalue weighted by Crippen LogP contribution is -2.38. The zero-order valence-electron chi connectivity index (χ0n) is 19.0. The number of aromatic nitrogens is 1. The first-order chi connectivity index (χ1) is 15.0. The van der Waals surface area contributed by atoms with Crippen molar-refractivity contribution in [1.82, 2.24) is 9.88 Å². The predicted molar refractivity (Wildman–Crippen MR) is 128 cm³/mol. The van der Waals surface area contributed by atoms with Crippen LogP contribution in [0.5, 0.6) is 11.5 Å². The maximum absolute atomic E-state index is 13.6. The summed E-state index contributed by atoms with van der Waals surface area (Å²) in [4.78, 5) is 22.5. The van der Waals surface area contributed by atoms with Gasteiger partial charge in [0.2, 0.25) is 0 Å². The predicted octanol–water partition coefficient (Wildman–Crippen LogP) is 4.86. The summed E-state index contributed by atoms with van der Waals surface area (Å²) in [6.07, 6.45) is 0.970. The van der Waals surface area contributed by atoms with Gasteiger partial charge in [0.25, 0.3) is 5.91 Å². The van der Waals surface area contributed by atoms with Crippen molar-refractivity contribution in [2.45, 2.75) is 27.2 Å². The zero-order valence-corrected chi connectivity index (χ0v) is 19.8. The van der Waals surface area contributed by atoms with E-state index in [0.717, 1.165) is 36.3 Å². The number of anilines is 1. The molecule has 1 amide bonds. The first-order valence-corrected chi connectivity index (χ1v) is 11.5. The highest BCUT2D eigenvalue weighted by Crippen LogP contribution is 2.32. The van der Waals surface area contributed by atoms with Crippen LogP contribution < -0.4 is 14.4 Å². The lowest BCUT2D eigenvalue weighted by atomic mass is 10.1. The molecule has 3 aromatic rings. The number of methoxy groups -OCH3 is 2. The normalized spacial score (nSPS) is 11.2. The molecule has 1 aromatic heterocycles. The Morgan fingerprint density at radius 2 is 1.65 bits per heavy atom. The van der Waals surface area contributed by atoms with Gasteiger partial charge < -0.3 is 14.4 Å². The summed E-state index contributed by atoms with van der Waals surface area (Å²) in [5.74, 6) is 1.06. The molecule has 2 aromatic carbocycles. The molecule has 6 nitrogen and oxygen atoms in total. The number of aryl methyl sites for hydroxylation is 1. The van der Waals surface area contributed by atoms with Crippen LogP contribution in [0.25, 0.3) is 10.2 Å². The molecule has 0 bridgehead atoms. The van der Waals surface area contributed by atoms with E-state index in [4.69, 9.17) is 14.5 Å². The Labute approximate surface area is 188 Å². The van der Waals surface area contributed by atoms with E-state index in [2.05, 4.69) is 37.8 Å². The van der Waals surface area contributed by atoms with Crippen LogP contribution in [-0.2, 0) is 6.42 Å². The van der Waals surface area contributed by atoms with Gasteiger partial charge >= 0.3 is 0 Å². The number of hydrogen-bond acceptors (Lipinski definition) is 6. The lowest BCUT2D eigenvalue weighted by molar-refractivity contribution is 0.0983. The van der Waals surface area contributed by atoms with Crippen LogP contribution in [0.2, 0.25) is 0 Å². The molecule has 1 heterocycles. The largest absolute Gasteiger partial charge is 0.497 e. The number of likely N-dealkylation sites (N-methyl/N-ethyl adjacent to an activating group) is 1. The summed E-state index contributed by atoms with van der Waals surface area (Å²) < 4.78 is 11.8. The van der Waals surface area contributed by atoms with Gasteiger partial charge in [-0.2, -0.15) is 0 Å². The van der Waals surface area contributed by atoms with Crippen LogP contribution in [-0.4, -0.2) is 56.2 Å². The highest BCUT2D eigenvalue weighted by Gasteiger charge is 2.23. The molecule has 0 fully saturated rings. The summed E-state index contributed by atoms with van der Waals surface area (Å²) in [5, 5.41) is 0.710. The number of carbonyl (C=O) groups is 1. The van der Waals surface area contributed by atoms with Crippen molar-refractivity contribution in [3.05, 3.63) is 47.5 Å². The zero-order chi connectivity index (χ0) is 22.4. The minimum absolute atomic E-state index is 0.112. The molecule has 0 unspecified atom stereocenters. The van der Waals surface area contributed by atoms with Gasteiger partial charge in [0.15, 0.2) is 5.13 Å². The third kappa shape index (κ3) is 5.35. The van der Waals surface area contributed by atoms with E-state index in [9.17, 15) is 4.79 Å². The molecule has 0 aliphatic rings. The molecule has 31 heavy (non-hydrogen) atoms. The van der Waals surface area contributed by atoms with Gasteiger partial charge in [0.05, 0.1) is 24.4 Å². The Morgan fingerprint density at radius 1 is 0.968 bits per heavy atom. The van der Waals surface area contributed by atoms with Gasteiger partial charge in [-0.25, -0.2) is 4.98 Å². The van der Waals surface area contributed by atoms with Crippen LogP contribution in [0.4, 0.5) is 5.13 Å². The van der Waals surface area contributed by atoms with E-state index in [1.54, 1.807) is 48.7 Å². The van der Waals surface area contributed by atoms with Crippen LogP contribution in [0, 0.1) is 0 Å². The number of thiazole rings is 1. The monoisotopic (exact) mass is 441 g/mol. The number of rotatable bonds is 10. The van der Waals surface area contributed by atoms with Crippen molar-refractivity contribution in [1.29, 1.82) is 0 Å². The maximum Gasteiger partial charge on any atom is 0.260 e. The molecule has 0 aliphatic heterocycles. The number of hydrogen-bond donors (Lipinski definition) is 0. The summed E-state index contributed by atoms with van der Waals surface area (Å²) in [7, 11) is 3.17. The van der Waals surface area contributed by atoms with Crippen molar-refractivity contribution in [3.63, 3.8) is 0 Å². The van der Waals surface area contributed by atoms with Crippen LogP contribution >= 0.6 is 11.3 Å². The fourth-order valence-electron chi connectivity index (χ4n) is 3.44. The first kappa shape index (κ1) is 23.0. The van der Waals surface area contributed by atoms with Crippen LogP contribution in [0.15, 0.2) is 36.4 Å². The second-order valence-electron chi connectivity index (χ2n) is 7.24. The average Bonchev–Trinajstić information content (AvgIpc) is 3.23. The highest BCUT2D eigenvalue weighted by molar-refractivity contribution is 7.22. The molecule has 0 radical (unpaired) electrons. The second-order valence-corrected chi connectivity index (χ2v) is 8.25. The molecule has 0 atom stereocenters. The lowest BCUT2D eigenvalue weighted by Gasteiger charge is -2.25. The Kier molecular flexibility index (Phi) is 7.87. The highest BCUT2D eigenvalue weighted by atomic mass is 32.1. The van der Waals surface area contributed by atoms with E-state index >= 15 is 0 Å². The summed E-state index contributed by atoms with van der Waals surface area (Å²) >= 11 is 1.56. The molecule has 0 spiro atoms. The molecule has 0 N–H and O–H groups in total. The van der Waals surface area contributed by atoms with Gasteiger partial charge in [0.1, 0.15) is 11.5 Å².